The molecule has 0 saturated heterocycles. The smallest absolute Gasteiger partial charge is 0.0985 e. The quantitative estimate of drug-likeness (QED) is 0.356. The lowest BCUT2D eigenvalue weighted by atomic mass is 9.42. The summed E-state index contributed by atoms with van der Waals surface area (Å²) in [4.78, 5) is 0. The molecular weight excluding hydrogens is 420 g/mol. The summed E-state index contributed by atoms with van der Waals surface area (Å²) in [6.45, 7) is 8.78. The Labute approximate surface area is 199 Å². The van der Waals surface area contributed by atoms with Crippen LogP contribution in [0.15, 0.2) is 0 Å². The van der Waals surface area contributed by atoms with Crippen molar-refractivity contribution in [2.24, 2.45) is 46.3 Å². The molecule has 0 amide bonds. The lowest BCUT2D eigenvalue weighted by Crippen LogP contribution is -2.69. The van der Waals surface area contributed by atoms with Crippen LogP contribution in [0.3, 0.4) is 0 Å². The predicted octanol–water partition coefficient (Wildman–Crippen LogP) is 2.47. The Kier molecular flexibility index (Phi) is 7.05. The first-order valence-electron chi connectivity index (χ1n) is 13.5. The van der Waals surface area contributed by atoms with Crippen LogP contribution in [0.1, 0.15) is 85.5 Å². The van der Waals surface area contributed by atoms with Gasteiger partial charge in [-0.15, -0.1) is 0 Å². The van der Waals surface area contributed by atoms with E-state index >= 15 is 0 Å². The molecule has 6 N–H and O–H groups in total. The molecule has 4 aliphatic carbocycles. The summed E-state index contributed by atoms with van der Waals surface area (Å²) >= 11 is 0. The standard InChI is InChI=1S/C27H48O6/c1-15(14-28)6-5-7-16(2)21-23(31)24(32)22-18-12-20(30)27(33)13-17(29)8-11-26(27,4)19(18)9-10-25(21,22)3/h15-24,28-33H,5-14H2,1-4H3/t15?,16-,17+,18-,19+,20-,21+,22-,23-,24-,25-,26-,27+/m1/s1. The highest BCUT2D eigenvalue weighted by atomic mass is 16.3. The first-order chi connectivity index (χ1) is 15.4. The van der Waals surface area contributed by atoms with Crippen LogP contribution in [0.25, 0.3) is 0 Å². The Morgan fingerprint density at radius 2 is 1.64 bits per heavy atom. The first-order valence-corrected chi connectivity index (χ1v) is 13.5. The average molecular weight is 469 g/mol. The predicted molar refractivity (Wildman–Crippen MR) is 126 cm³/mol. The van der Waals surface area contributed by atoms with Crippen LogP contribution in [-0.4, -0.2) is 67.3 Å². The van der Waals surface area contributed by atoms with Gasteiger partial charge in [0.2, 0.25) is 0 Å². The highest BCUT2D eigenvalue weighted by Crippen LogP contribution is 2.69. The van der Waals surface area contributed by atoms with Crippen LogP contribution in [0, 0.1) is 46.3 Å². The molecule has 33 heavy (non-hydrogen) atoms. The highest BCUT2D eigenvalue weighted by Gasteiger charge is 2.70. The van der Waals surface area contributed by atoms with E-state index in [1.807, 2.05) is 0 Å². The molecular formula is C27H48O6. The molecule has 192 valence electrons. The molecule has 0 heterocycles. The number of rotatable bonds is 6. The van der Waals surface area contributed by atoms with Crippen LogP contribution in [0.5, 0.6) is 0 Å². The van der Waals surface area contributed by atoms with E-state index in [0.717, 1.165) is 32.1 Å². The molecule has 4 saturated carbocycles. The first kappa shape index (κ1) is 25.8. The van der Waals surface area contributed by atoms with Crippen molar-refractivity contribution in [1.82, 2.24) is 0 Å². The molecule has 0 aliphatic heterocycles. The molecule has 13 atom stereocenters. The maximum absolute atomic E-state index is 11.6. The molecule has 6 heteroatoms. The summed E-state index contributed by atoms with van der Waals surface area (Å²) in [5.41, 5.74) is -2.00. The number of aliphatic hydroxyl groups is 6. The summed E-state index contributed by atoms with van der Waals surface area (Å²) < 4.78 is 0. The SMILES string of the molecule is CC(CO)CCC[C@@H](C)[C@H]1[C@@H](O)[C@H](O)[C@H]2[C@@H]3C[C@@H](O)[C@@]4(O)C[C@@H](O)CC[C@]4(C)[C@H]3CC[C@]12C. The van der Waals surface area contributed by atoms with E-state index in [-0.39, 0.29) is 54.0 Å². The summed E-state index contributed by atoms with van der Waals surface area (Å²) in [5, 5.41) is 65.0. The molecule has 0 spiro atoms. The van der Waals surface area contributed by atoms with Crippen LogP contribution >= 0.6 is 0 Å². The summed E-state index contributed by atoms with van der Waals surface area (Å²) in [6, 6.07) is 0. The topological polar surface area (TPSA) is 121 Å². The zero-order valence-electron chi connectivity index (χ0n) is 21.0. The van der Waals surface area contributed by atoms with E-state index in [1.54, 1.807) is 0 Å². The van der Waals surface area contributed by atoms with Crippen molar-refractivity contribution in [2.45, 2.75) is 115 Å². The average Bonchev–Trinajstić information content (AvgIpc) is 2.95. The molecule has 4 fully saturated rings. The van der Waals surface area contributed by atoms with E-state index in [2.05, 4.69) is 27.7 Å². The molecule has 4 aliphatic rings. The third kappa shape index (κ3) is 3.82. The minimum Gasteiger partial charge on any atom is -0.396 e. The lowest BCUT2D eigenvalue weighted by Gasteiger charge is -2.65. The van der Waals surface area contributed by atoms with Crippen molar-refractivity contribution in [3.8, 4) is 0 Å². The third-order valence-electron chi connectivity index (χ3n) is 11.3. The fourth-order valence-corrected chi connectivity index (χ4v) is 9.43. The summed E-state index contributed by atoms with van der Waals surface area (Å²) in [5.74, 6) is 0.665. The number of hydrogen-bond donors (Lipinski definition) is 6. The number of fused-ring (bicyclic) bond motifs is 5. The van der Waals surface area contributed by atoms with Crippen LogP contribution in [-0.2, 0) is 0 Å². The Bertz CT molecular complexity index is 702. The minimum absolute atomic E-state index is 0.00169. The van der Waals surface area contributed by atoms with Crippen molar-refractivity contribution >= 4 is 0 Å². The van der Waals surface area contributed by atoms with E-state index in [0.29, 0.717) is 19.3 Å². The largest absolute Gasteiger partial charge is 0.396 e. The van der Waals surface area contributed by atoms with Gasteiger partial charge in [0, 0.05) is 18.4 Å². The Hall–Kier alpha value is -0.240. The van der Waals surface area contributed by atoms with Gasteiger partial charge in [-0.1, -0.05) is 40.5 Å². The molecule has 0 aromatic carbocycles. The van der Waals surface area contributed by atoms with Crippen molar-refractivity contribution < 1.29 is 30.6 Å². The van der Waals surface area contributed by atoms with Gasteiger partial charge in [-0.05, 0) is 79.4 Å². The maximum atomic E-state index is 11.6. The van der Waals surface area contributed by atoms with Crippen molar-refractivity contribution in [1.29, 1.82) is 0 Å². The maximum Gasteiger partial charge on any atom is 0.0985 e. The van der Waals surface area contributed by atoms with Crippen molar-refractivity contribution in [3.05, 3.63) is 0 Å². The molecule has 1 unspecified atom stereocenters. The molecule has 0 aromatic rings. The Morgan fingerprint density at radius 1 is 0.939 bits per heavy atom. The van der Waals surface area contributed by atoms with Gasteiger partial charge in [0.25, 0.3) is 0 Å². The molecule has 6 nitrogen and oxygen atoms in total. The molecule has 4 rings (SSSR count). The Balaban J connectivity index is 1.58. The monoisotopic (exact) mass is 468 g/mol. The van der Waals surface area contributed by atoms with Gasteiger partial charge in [0.15, 0.2) is 0 Å². The van der Waals surface area contributed by atoms with Gasteiger partial charge < -0.3 is 30.6 Å². The fraction of sp³-hybridized carbons (Fsp3) is 1.00. The minimum atomic E-state index is -1.29. The van der Waals surface area contributed by atoms with Crippen molar-refractivity contribution in [2.75, 3.05) is 6.61 Å². The van der Waals surface area contributed by atoms with Crippen LogP contribution in [0.2, 0.25) is 0 Å². The molecule has 0 bridgehead atoms. The fourth-order valence-electron chi connectivity index (χ4n) is 9.43. The zero-order valence-corrected chi connectivity index (χ0v) is 21.0. The van der Waals surface area contributed by atoms with E-state index < -0.39 is 35.4 Å². The summed E-state index contributed by atoms with van der Waals surface area (Å²) in [7, 11) is 0. The lowest BCUT2D eigenvalue weighted by molar-refractivity contribution is -0.268. The van der Waals surface area contributed by atoms with Gasteiger partial charge in [0.1, 0.15) is 0 Å². The van der Waals surface area contributed by atoms with Gasteiger partial charge in [-0.3, -0.25) is 0 Å². The second-order valence-corrected chi connectivity index (χ2v) is 13.0. The second-order valence-electron chi connectivity index (χ2n) is 13.0. The van der Waals surface area contributed by atoms with Crippen LogP contribution in [0.4, 0.5) is 0 Å². The van der Waals surface area contributed by atoms with Crippen molar-refractivity contribution in [3.63, 3.8) is 0 Å². The van der Waals surface area contributed by atoms with Gasteiger partial charge in [0.05, 0.1) is 30.0 Å². The van der Waals surface area contributed by atoms with Gasteiger partial charge >= 0.3 is 0 Å². The van der Waals surface area contributed by atoms with Gasteiger partial charge in [-0.25, -0.2) is 0 Å². The third-order valence-corrected chi connectivity index (χ3v) is 11.3. The van der Waals surface area contributed by atoms with E-state index in [9.17, 15) is 30.6 Å². The molecule has 0 aromatic heterocycles. The highest BCUT2D eigenvalue weighted by molar-refractivity contribution is 5.19. The normalized spacial score (nSPS) is 53.6. The van der Waals surface area contributed by atoms with E-state index in [4.69, 9.17) is 0 Å². The molecule has 0 radical (unpaired) electrons. The van der Waals surface area contributed by atoms with Gasteiger partial charge in [-0.2, -0.15) is 0 Å². The van der Waals surface area contributed by atoms with E-state index in [1.165, 1.54) is 0 Å². The summed E-state index contributed by atoms with van der Waals surface area (Å²) in [6.07, 6.45) is 3.59. The number of aliphatic hydroxyl groups excluding tert-OH is 5. The second kappa shape index (κ2) is 9.01. The van der Waals surface area contributed by atoms with Crippen LogP contribution < -0.4 is 0 Å². The Morgan fingerprint density at radius 3 is 2.30 bits per heavy atom. The zero-order chi connectivity index (χ0) is 24.3. The number of hydrogen-bond acceptors (Lipinski definition) is 6.